The van der Waals surface area contributed by atoms with Crippen LogP contribution >= 0.6 is 0 Å². The van der Waals surface area contributed by atoms with Gasteiger partial charge in [-0.25, -0.2) is 4.79 Å². The SMILES string of the molecule is CC(C)(NC(=O)c1ccc(C=CC(=O)O)cn1)C(N)=O. The second-order valence-corrected chi connectivity index (χ2v) is 4.59. The molecule has 1 rings (SSSR count). The van der Waals surface area contributed by atoms with E-state index >= 15 is 0 Å². The molecule has 0 radical (unpaired) electrons. The van der Waals surface area contributed by atoms with E-state index in [-0.39, 0.29) is 5.69 Å². The molecule has 0 saturated heterocycles. The molecule has 1 aromatic heterocycles. The molecule has 0 aliphatic carbocycles. The summed E-state index contributed by atoms with van der Waals surface area (Å²) >= 11 is 0. The summed E-state index contributed by atoms with van der Waals surface area (Å²) in [5.41, 5.74) is 4.61. The first-order chi connectivity index (χ1) is 9.22. The predicted molar refractivity (Wildman–Crippen MR) is 71.6 cm³/mol. The Morgan fingerprint density at radius 3 is 2.45 bits per heavy atom. The van der Waals surface area contributed by atoms with E-state index in [1.807, 2.05) is 0 Å². The topological polar surface area (TPSA) is 122 Å². The first kappa shape index (κ1) is 15.4. The molecule has 0 saturated carbocycles. The first-order valence-corrected chi connectivity index (χ1v) is 5.72. The zero-order chi connectivity index (χ0) is 15.3. The Morgan fingerprint density at radius 1 is 1.35 bits per heavy atom. The number of aromatic nitrogens is 1. The lowest BCUT2D eigenvalue weighted by Crippen LogP contribution is -2.53. The molecule has 0 unspecified atom stereocenters. The highest BCUT2D eigenvalue weighted by Gasteiger charge is 2.27. The number of carbonyl (C=O) groups is 3. The molecule has 1 heterocycles. The summed E-state index contributed by atoms with van der Waals surface area (Å²) in [7, 11) is 0. The number of carbonyl (C=O) groups excluding carboxylic acids is 2. The molecule has 0 atom stereocenters. The number of nitrogens with zero attached hydrogens (tertiary/aromatic N) is 1. The van der Waals surface area contributed by atoms with Crippen LogP contribution in [-0.2, 0) is 9.59 Å². The van der Waals surface area contributed by atoms with Crippen LogP contribution in [0.5, 0.6) is 0 Å². The van der Waals surface area contributed by atoms with Crippen LogP contribution in [0, 0.1) is 0 Å². The van der Waals surface area contributed by atoms with Crippen LogP contribution in [0.3, 0.4) is 0 Å². The molecular formula is C13H15N3O4. The van der Waals surface area contributed by atoms with Crippen molar-refractivity contribution in [2.45, 2.75) is 19.4 Å². The Morgan fingerprint density at radius 2 is 2.00 bits per heavy atom. The Bertz CT molecular complexity index is 561. The molecule has 0 fully saturated rings. The summed E-state index contributed by atoms with van der Waals surface area (Å²) in [6, 6.07) is 2.96. The number of hydrogen-bond acceptors (Lipinski definition) is 4. The van der Waals surface area contributed by atoms with Gasteiger partial charge in [-0.3, -0.25) is 14.6 Å². The van der Waals surface area contributed by atoms with E-state index in [9.17, 15) is 14.4 Å². The third-order valence-electron chi connectivity index (χ3n) is 2.48. The highest BCUT2D eigenvalue weighted by Crippen LogP contribution is 2.06. The van der Waals surface area contributed by atoms with Crippen LogP contribution in [0.15, 0.2) is 24.4 Å². The number of primary amides is 1. The molecule has 1 aromatic rings. The molecule has 0 spiro atoms. The van der Waals surface area contributed by atoms with E-state index in [0.29, 0.717) is 5.56 Å². The Kier molecular flexibility index (Phi) is 4.58. The highest BCUT2D eigenvalue weighted by atomic mass is 16.4. The molecule has 0 bridgehead atoms. The van der Waals surface area contributed by atoms with Gasteiger partial charge in [-0.1, -0.05) is 6.07 Å². The van der Waals surface area contributed by atoms with Crippen LogP contribution in [0.4, 0.5) is 0 Å². The van der Waals surface area contributed by atoms with Crippen molar-refractivity contribution >= 4 is 23.9 Å². The number of hydrogen-bond donors (Lipinski definition) is 3. The van der Waals surface area contributed by atoms with Crippen LogP contribution in [0.1, 0.15) is 29.9 Å². The molecule has 7 nitrogen and oxygen atoms in total. The van der Waals surface area contributed by atoms with E-state index < -0.39 is 23.3 Å². The van der Waals surface area contributed by atoms with Gasteiger partial charge in [0.2, 0.25) is 5.91 Å². The normalized spacial score (nSPS) is 11.3. The van der Waals surface area contributed by atoms with Crippen molar-refractivity contribution in [1.29, 1.82) is 0 Å². The summed E-state index contributed by atoms with van der Waals surface area (Å²) in [5, 5.41) is 10.9. The molecule has 2 amide bonds. The monoisotopic (exact) mass is 277 g/mol. The molecule has 0 aliphatic heterocycles. The predicted octanol–water partition coefficient (Wildman–Crippen LogP) is 0.173. The van der Waals surface area contributed by atoms with Gasteiger partial charge in [-0.15, -0.1) is 0 Å². The van der Waals surface area contributed by atoms with Crippen molar-refractivity contribution in [3.63, 3.8) is 0 Å². The lowest BCUT2D eigenvalue weighted by Gasteiger charge is -2.21. The second kappa shape index (κ2) is 5.96. The van der Waals surface area contributed by atoms with Crippen molar-refractivity contribution in [2.75, 3.05) is 0 Å². The fourth-order valence-corrected chi connectivity index (χ4v) is 1.22. The maximum absolute atomic E-state index is 11.8. The third kappa shape index (κ3) is 4.20. The lowest BCUT2D eigenvalue weighted by atomic mass is 10.0. The van der Waals surface area contributed by atoms with Crippen molar-refractivity contribution in [3.8, 4) is 0 Å². The van der Waals surface area contributed by atoms with E-state index in [1.165, 1.54) is 32.2 Å². The molecule has 106 valence electrons. The maximum Gasteiger partial charge on any atom is 0.328 e. The van der Waals surface area contributed by atoms with Gasteiger partial charge < -0.3 is 16.2 Å². The zero-order valence-corrected chi connectivity index (χ0v) is 11.1. The fourth-order valence-electron chi connectivity index (χ4n) is 1.22. The Balaban J connectivity index is 2.81. The third-order valence-corrected chi connectivity index (χ3v) is 2.48. The second-order valence-electron chi connectivity index (χ2n) is 4.59. The van der Waals surface area contributed by atoms with E-state index in [4.69, 9.17) is 10.8 Å². The van der Waals surface area contributed by atoms with Gasteiger partial charge in [0.05, 0.1) is 0 Å². The number of rotatable bonds is 5. The molecule has 20 heavy (non-hydrogen) atoms. The van der Waals surface area contributed by atoms with Crippen LogP contribution in [-0.4, -0.2) is 33.4 Å². The van der Waals surface area contributed by atoms with E-state index in [1.54, 1.807) is 6.07 Å². The van der Waals surface area contributed by atoms with Crippen molar-refractivity contribution in [3.05, 3.63) is 35.7 Å². The fraction of sp³-hybridized carbons (Fsp3) is 0.231. The van der Waals surface area contributed by atoms with Gasteiger partial charge in [0.1, 0.15) is 11.2 Å². The number of nitrogens with two attached hydrogens (primary N) is 1. The van der Waals surface area contributed by atoms with Gasteiger partial charge in [0.15, 0.2) is 0 Å². The maximum atomic E-state index is 11.8. The quantitative estimate of drug-likeness (QED) is 0.662. The standard InChI is InChI=1S/C13H15N3O4/c1-13(2,12(14)20)16-11(19)9-5-3-8(7-15-9)4-6-10(17)18/h3-7H,1-2H3,(H2,14,20)(H,16,19)(H,17,18). The summed E-state index contributed by atoms with van der Waals surface area (Å²) in [6.45, 7) is 2.97. The number of pyridine rings is 1. The summed E-state index contributed by atoms with van der Waals surface area (Å²) in [4.78, 5) is 37.2. The van der Waals surface area contributed by atoms with Gasteiger partial charge >= 0.3 is 5.97 Å². The molecule has 0 aliphatic rings. The minimum absolute atomic E-state index is 0.104. The Labute approximate surface area is 115 Å². The average Bonchev–Trinajstić information content (AvgIpc) is 2.36. The van der Waals surface area contributed by atoms with Crippen molar-refractivity contribution < 1.29 is 19.5 Å². The summed E-state index contributed by atoms with van der Waals surface area (Å²) < 4.78 is 0. The molecule has 7 heteroatoms. The van der Waals surface area contributed by atoms with Gasteiger partial charge in [0.25, 0.3) is 5.91 Å². The van der Waals surface area contributed by atoms with Gasteiger partial charge in [-0.2, -0.15) is 0 Å². The first-order valence-electron chi connectivity index (χ1n) is 5.72. The van der Waals surface area contributed by atoms with E-state index in [0.717, 1.165) is 6.08 Å². The molecular weight excluding hydrogens is 262 g/mol. The minimum Gasteiger partial charge on any atom is -0.478 e. The zero-order valence-electron chi connectivity index (χ0n) is 11.1. The summed E-state index contributed by atoms with van der Waals surface area (Å²) in [5.74, 6) is -2.27. The molecule has 4 N–H and O–H groups in total. The van der Waals surface area contributed by atoms with Crippen LogP contribution < -0.4 is 11.1 Å². The number of aliphatic carboxylic acids is 1. The largest absolute Gasteiger partial charge is 0.478 e. The smallest absolute Gasteiger partial charge is 0.328 e. The Hall–Kier alpha value is -2.70. The number of nitrogens with one attached hydrogen (secondary N) is 1. The lowest BCUT2D eigenvalue weighted by molar-refractivity contribution is -0.131. The van der Waals surface area contributed by atoms with Crippen molar-refractivity contribution in [2.24, 2.45) is 5.73 Å². The van der Waals surface area contributed by atoms with E-state index in [2.05, 4.69) is 10.3 Å². The average molecular weight is 277 g/mol. The van der Waals surface area contributed by atoms with Gasteiger partial charge in [0, 0.05) is 12.3 Å². The number of carboxylic acid groups (broad SMARTS) is 1. The number of amides is 2. The highest BCUT2D eigenvalue weighted by molar-refractivity contribution is 5.97. The minimum atomic E-state index is -1.18. The van der Waals surface area contributed by atoms with Crippen LogP contribution in [0.25, 0.3) is 6.08 Å². The van der Waals surface area contributed by atoms with Gasteiger partial charge in [-0.05, 0) is 31.6 Å². The number of carboxylic acids is 1. The summed E-state index contributed by atoms with van der Waals surface area (Å²) in [6.07, 6.45) is 3.67. The van der Waals surface area contributed by atoms with Crippen LogP contribution in [0.2, 0.25) is 0 Å². The van der Waals surface area contributed by atoms with Crippen molar-refractivity contribution in [1.82, 2.24) is 10.3 Å². The molecule has 0 aromatic carbocycles.